The largest absolute Gasteiger partial charge is 0.354 e. The average molecular weight is 605 g/mol. The molecule has 0 heterocycles. The van der Waals surface area contributed by atoms with E-state index in [0.717, 1.165) is 21.0 Å². The van der Waals surface area contributed by atoms with Crippen molar-refractivity contribution in [2.75, 3.05) is 17.4 Å². The third-order valence-electron chi connectivity index (χ3n) is 6.41. The second-order valence-electron chi connectivity index (χ2n) is 10.2. The Labute approximate surface area is 247 Å². The van der Waals surface area contributed by atoms with Crippen LogP contribution in [0.25, 0.3) is 0 Å². The maximum atomic E-state index is 14.0. The highest BCUT2D eigenvalue weighted by Gasteiger charge is 2.33. The van der Waals surface area contributed by atoms with E-state index >= 15 is 0 Å². The lowest BCUT2D eigenvalue weighted by atomic mass is 10.1. The maximum absolute atomic E-state index is 14.0. The summed E-state index contributed by atoms with van der Waals surface area (Å²) in [6, 6.07) is 17.6. The summed E-state index contributed by atoms with van der Waals surface area (Å²) >= 11 is 12.7. The van der Waals surface area contributed by atoms with Crippen LogP contribution in [0.15, 0.2) is 71.6 Å². The number of carbonyl (C=O) groups excluding carboxylic acids is 2. The molecular weight excluding hydrogens is 569 g/mol. The fourth-order valence-electron chi connectivity index (χ4n) is 3.96. The van der Waals surface area contributed by atoms with Gasteiger partial charge in [-0.25, -0.2) is 8.42 Å². The first-order valence-electron chi connectivity index (χ1n) is 13.0. The van der Waals surface area contributed by atoms with Crippen molar-refractivity contribution < 1.29 is 18.0 Å². The highest BCUT2D eigenvalue weighted by atomic mass is 35.5. The first-order chi connectivity index (χ1) is 18.8. The molecule has 3 aromatic rings. The normalized spacial score (nSPS) is 12.2. The summed E-state index contributed by atoms with van der Waals surface area (Å²) in [4.78, 5) is 28.4. The Kier molecular flexibility index (Phi) is 10.6. The zero-order valence-corrected chi connectivity index (χ0v) is 25.6. The van der Waals surface area contributed by atoms with Crippen LogP contribution in [0.2, 0.25) is 10.0 Å². The molecule has 1 N–H and O–H groups in total. The molecule has 0 spiro atoms. The van der Waals surface area contributed by atoms with Gasteiger partial charge in [0, 0.05) is 13.1 Å². The molecule has 0 saturated carbocycles. The summed E-state index contributed by atoms with van der Waals surface area (Å²) in [6.45, 7) is 9.35. The van der Waals surface area contributed by atoms with E-state index in [4.69, 9.17) is 23.2 Å². The highest BCUT2D eigenvalue weighted by Crippen LogP contribution is 2.35. The molecule has 3 aromatic carbocycles. The number of anilines is 1. The van der Waals surface area contributed by atoms with Gasteiger partial charge in [0.15, 0.2) is 0 Å². The lowest BCUT2D eigenvalue weighted by Crippen LogP contribution is -2.51. The monoisotopic (exact) mass is 603 g/mol. The molecule has 0 aliphatic carbocycles. The molecule has 0 saturated heterocycles. The minimum atomic E-state index is -4.24. The van der Waals surface area contributed by atoms with Crippen LogP contribution in [0.4, 0.5) is 5.69 Å². The van der Waals surface area contributed by atoms with Crippen molar-refractivity contribution in [2.45, 2.75) is 52.1 Å². The van der Waals surface area contributed by atoms with Gasteiger partial charge in [-0.15, -0.1) is 0 Å². The average Bonchev–Trinajstić information content (AvgIpc) is 2.91. The Morgan fingerprint density at radius 2 is 1.45 bits per heavy atom. The molecular formula is C30H35Cl2N3O4S. The maximum Gasteiger partial charge on any atom is 0.264 e. The van der Waals surface area contributed by atoms with Gasteiger partial charge in [0.2, 0.25) is 11.8 Å². The summed E-state index contributed by atoms with van der Waals surface area (Å²) in [5.41, 5.74) is 2.80. The number of nitrogens with one attached hydrogen (secondary N) is 1. The van der Waals surface area contributed by atoms with Crippen LogP contribution in [0.5, 0.6) is 0 Å². The summed E-state index contributed by atoms with van der Waals surface area (Å²) in [7, 11) is -4.24. The molecule has 2 amide bonds. The zero-order chi connectivity index (χ0) is 29.6. The van der Waals surface area contributed by atoms with Gasteiger partial charge in [-0.05, 0) is 56.5 Å². The number of sulfonamides is 1. The Morgan fingerprint density at radius 1 is 0.875 bits per heavy atom. The first-order valence-corrected chi connectivity index (χ1v) is 15.2. The predicted octanol–water partition coefficient (Wildman–Crippen LogP) is 6.00. The van der Waals surface area contributed by atoms with Crippen LogP contribution in [-0.4, -0.2) is 44.3 Å². The minimum Gasteiger partial charge on any atom is -0.354 e. The Bertz CT molecular complexity index is 1440. The van der Waals surface area contributed by atoms with Gasteiger partial charge in [-0.3, -0.25) is 13.9 Å². The molecule has 3 rings (SSSR count). The predicted molar refractivity (Wildman–Crippen MR) is 161 cm³/mol. The van der Waals surface area contributed by atoms with Crippen LogP contribution in [0.1, 0.15) is 37.5 Å². The Hall–Kier alpha value is -3.07. The Morgan fingerprint density at radius 3 is 2.02 bits per heavy atom. The molecule has 0 aromatic heterocycles. The van der Waals surface area contributed by atoms with E-state index in [1.807, 2.05) is 52.0 Å². The van der Waals surface area contributed by atoms with Gasteiger partial charge >= 0.3 is 0 Å². The summed E-state index contributed by atoms with van der Waals surface area (Å²) in [5, 5.41) is 3.02. The number of hydrogen-bond donors (Lipinski definition) is 1. The number of nitrogens with zero attached hydrogens (tertiary/aromatic N) is 2. The van der Waals surface area contributed by atoms with Crippen LogP contribution >= 0.6 is 23.2 Å². The smallest absolute Gasteiger partial charge is 0.264 e. The number of rotatable bonds is 11. The molecule has 10 heteroatoms. The van der Waals surface area contributed by atoms with E-state index in [0.29, 0.717) is 6.54 Å². The minimum absolute atomic E-state index is 0.000429. The van der Waals surface area contributed by atoms with E-state index in [2.05, 4.69) is 5.32 Å². The van der Waals surface area contributed by atoms with Crippen LogP contribution in [0, 0.1) is 19.8 Å². The van der Waals surface area contributed by atoms with E-state index in [9.17, 15) is 18.0 Å². The quantitative estimate of drug-likeness (QED) is 0.291. The van der Waals surface area contributed by atoms with Crippen LogP contribution < -0.4 is 9.62 Å². The van der Waals surface area contributed by atoms with E-state index in [1.165, 1.54) is 29.2 Å². The van der Waals surface area contributed by atoms with Crippen molar-refractivity contribution >= 4 is 50.7 Å². The molecule has 1 atom stereocenters. The Balaban J connectivity index is 2.05. The molecule has 0 radical (unpaired) electrons. The molecule has 0 bridgehead atoms. The third-order valence-corrected chi connectivity index (χ3v) is 9.00. The van der Waals surface area contributed by atoms with Gasteiger partial charge in [0.1, 0.15) is 12.6 Å². The van der Waals surface area contributed by atoms with E-state index in [-0.39, 0.29) is 39.0 Å². The summed E-state index contributed by atoms with van der Waals surface area (Å²) in [6.07, 6.45) is 0. The number of halogens is 2. The lowest BCUT2D eigenvalue weighted by molar-refractivity contribution is -0.139. The van der Waals surface area contributed by atoms with Gasteiger partial charge in [0.05, 0.1) is 20.6 Å². The summed E-state index contributed by atoms with van der Waals surface area (Å²) < 4.78 is 28.8. The molecule has 0 fully saturated rings. The fourth-order valence-corrected chi connectivity index (χ4v) is 5.83. The third kappa shape index (κ3) is 7.77. The van der Waals surface area contributed by atoms with Gasteiger partial charge in [0.25, 0.3) is 10.0 Å². The second kappa shape index (κ2) is 13.5. The molecule has 0 unspecified atom stereocenters. The molecule has 0 aliphatic rings. The fraction of sp³-hybridized carbons (Fsp3) is 0.333. The zero-order valence-electron chi connectivity index (χ0n) is 23.3. The van der Waals surface area contributed by atoms with Crippen molar-refractivity contribution in [3.8, 4) is 0 Å². The van der Waals surface area contributed by atoms with Crippen molar-refractivity contribution in [1.29, 1.82) is 0 Å². The highest BCUT2D eigenvalue weighted by molar-refractivity contribution is 7.92. The standard InChI is InChI=1S/C30H35Cl2N3O4S/c1-20(2)17-33-30(37)23(5)34(18-24-13-9-21(3)10-14-24)28(36)19-35(27-8-6-7-26(31)29(27)32)40(38,39)25-15-11-22(4)12-16-25/h6-16,20,23H,17-19H2,1-5H3,(H,33,37)/t23-/m0/s1. The number of aryl methyl sites for hydroxylation is 2. The van der Waals surface area contributed by atoms with Gasteiger partial charge < -0.3 is 10.2 Å². The van der Waals surface area contributed by atoms with Crippen molar-refractivity contribution in [3.63, 3.8) is 0 Å². The van der Waals surface area contributed by atoms with Crippen molar-refractivity contribution in [3.05, 3.63) is 93.5 Å². The van der Waals surface area contributed by atoms with Crippen molar-refractivity contribution in [2.24, 2.45) is 5.92 Å². The summed E-state index contributed by atoms with van der Waals surface area (Å²) in [5.74, 6) is -0.681. The van der Waals surface area contributed by atoms with Crippen molar-refractivity contribution in [1.82, 2.24) is 10.2 Å². The number of carbonyl (C=O) groups is 2. The topological polar surface area (TPSA) is 86.8 Å². The van der Waals surface area contributed by atoms with Gasteiger partial charge in [-0.2, -0.15) is 0 Å². The lowest BCUT2D eigenvalue weighted by Gasteiger charge is -2.32. The molecule has 214 valence electrons. The first kappa shape index (κ1) is 31.5. The SMILES string of the molecule is Cc1ccc(CN(C(=O)CN(c2cccc(Cl)c2Cl)S(=O)(=O)c2ccc(C)cc2)[C@@H](C)C(=O)NCC(C)C)cc1. The molecule has 40 heavy (non-hydrogen) atoms. The van der Waals surface area contributed by atoms with E-state index in [1.54, 1.807) is 25.1 Å². The van der Waals surface area contributed by atoms with Crippen LogP contribution in [-0.2, 0) is 26.2 Å². The van der Waals surface area contributed by atoms with E-state index < -0.39 is 28.5 Å². The van der Waals surface area contributed by atoms with Gasteiger partial charge in [-0.1, -0.05) is 90.6 Å². The number of benzene rings is 3. The number of hydrogen-bond acceptors (Lipinski definition) is 4. The second-order valence-corrected chi connectivity index (χ2v) is 12.9. The number of amides is 2. The molecule has 0 aliphatic heterocycles. The van der Waals surface area contributed by atoms with Crippen LogP contribution in [0.3, 0.4) is 0 Å². The molecule has 7 nitrogen and oxygen atoms in total.